The summed E-state index contributed by atoms with van der Waals surface area (Å²) in [4.78, 5) is 11.4. The summed E-state index contributed by atoms with van der Waals surface area (Å²) in [5, 5.41) is 0. The minimum atomic E-state index is 0.135. The monoisotopic (exact) mass is 266 g/mol. The van der Waals surface area contributed by atoms with Crippen molar-refractivity contribution in [1.29, 1.82) is 0 Å². The minimum absolute atomic E-state index is 0.135. The van der Waals surface area contributed by atoms with Crippen LogP contribution < -0.4 is 4.46 Å². The second-order valence-electron chi connectivity index (χ2n) is 4.96. The van der Waals surface area contributed by atoms with Gasteiger partial charge < -0.3 is 0 Å². The van der Waals surface area contributed by atoms with E-state index >= 15 is 0 Å². The van der Waals surface area contributed by atoms with Crippen molar-refractivity contribution in [2.45, 2.75) is 30.5 Å². The summed E-state index contributed by atoms with van der Waals surface area (Å²) in [6.07, 6.45) is 3.51. The topological polar surface area (TPSA) is 17.1 Å². The molecule has 0 atom stereocenters. The number of carbonyl (C=O) groups excluding carboxylic acids is 1. The van der Waals surface area contributed by atoms with Gasteiger partial charge in [-0.1, -0.05) is 0 Å². The Morgan fingerprint density at radius 1 is 1.20 bits per heavy atom. The summed E-state index contributed by atoms with van der Waals surface area (Å²) < 4.78 is 2.04. The van der Waals surface area contributed by atoms with Gasteiger partial charge in [0.15, 0.2) is 0 Å². The molecule has 2 heteroatoms. The normalized spacial score (nSPS) is 36.6. The van der Waals surface area contributed by atoms with Crippen LogP contribution in [0.4, 0.5) is 0 Å². The fourth-order valence-corrected chi connectivity index (χ4v) is 6.77. The summed E-state index contributed by atoms with van der Waals surface area (Å²) in [6, 6.07) is 10.7. The Kier molecular flexibility index (Phi) is 1.90. The molecule has 1 aromatic carbocycles. The molecule has 0 unspecified atom stereocenters. The van der Waals surface area contributed by atoms with Gasteiger partial charge in [0, 0.05) is 0 Å². The number of benzene rings is 1. The first kappa shape index (κ1) is 9.62. The Labute approximate surface area is 96.4 Å². The maximum absolute atomic E-state index is 11.4. The van der Waals surface area contributed by atoms with E-state index in [1.165, 1.54) is 23.7 Å². The van der Waals surface area contributed by atoms with Crippen LogP contribution in [-0.2, 0) is 4.79 Å². The first-order chi connectivity index (χ1) is 7.14. The molecular formula is C13H14OSe. The van der Waals surface area contributed by atoms with Crippen molar-refractivity contribution < 1.29 is 4.79 Å². The van der Waals surface area contributed by atoms with E-state index in [1.807, 2.05) is 0 Å². The molecule has 0 aromatic heterocycles. The summed E-state index contributed by atoms with van der Waals surface area (Å²) >= 11 is 0.575. The number of ketones is 1. The van der Waals surface area contributed by atoms with Gasteiger partial charge in [-0.05, 0) is 0 Å². The van der Waals surface area contributed by atoms with Gasteiger partial charge in [0.2, 0.25) is 0 Å². The predicted molar refractivity (Wildman–Crippen MR) is 61.5 cm³/mol. The zero-order valence-corrected chi connectivity index (χ0v) is 10.5. The van der Waals surface area contributed by atoms with Gasteiger partial charge in [-0.25, -0.2) is 0 Å². The molecule has 0 amide bonds. The molecular weight excluding hydrogens is 251 g/mol. The van der Waals surface area contributed by atoms with Gasteiger partial charge in [-0.2, -0.15) is 0 Å². The number of Topliss-reactive ketones (excluding diaryl/α,β-unsaturated/α-hetero) is 1. The first-order valence-corrected chi connectivity index (χ1v) is 7.11. The molecule has 0 N–H and O–H groups in total. The van der Waals surface area contributed by atoms with Crippen LogP contribution in [0, 0.1) is 5.41 Å². The maximum atomic E-state index is 11.4. The molecule has 0 heterocycles. The summed E-state index contributed by atoms with van der Waals surface area (Å²) in [7, 11) is 0. The van der Waals surface area contributed by atoms with Crippen LogP contribution in [0.25, 0.3) is 0 Å². The number of rotatable bonds is 3. The van der Waals surface area contributed by atoms with E-state index < -0.39 is 0 Å². The van der Waals surface area contributed by atoms with E-state index in [2.05, 4.69) is 30.3 Å². The second kappa shape index (κ2) is 2.96. The molecule has 1 aromatic rings. The molecule has 3 aliphatic rings. The van der Waals surface area contributed by atoms with E-state index in [-0.39, 0.29) is 5.41 Å². The molecule has 3 fully saturated rings. The Balaban J connectivity index is 1.68. The Morgan fingerprint density at radius 3 is 2.33 bits per heavy atom. The number of hydrogen-bond donors (Lipinski definition) is 0. The van der Waals surface area contributed by atoms with E-state index in [1.54, 1.807) is 6.92 Å². The van der Waals surface area contributed by atoms with Gasteiger partial charge in [0.05, 0.1) is 0 Å². The molecule has 3 aliphatic carbocycles. The van der Waals surface area contributed by atoms with E-state index in [0.29, 0.717) is 25.1 Å². The quantitative estimate of drug-likeness (QED) is 0.763. The number of hydrogen-bond acceptors (Lipinski definition) is 1. The average molecular weight is 265 g/mol. The fourth-order valence-electron chi connectivity index (χ4n) is 2.91. The van der Waals surface area contributed by atoms with Crippen LogP contribution in [0.2, 0.25) is 4.31 Å². The molecule has 78 valence electrons. The number of carbonyl (C=O) groups is 1. The van der Waals surface area contributed by atoms with Gasteiger partial charge in [0.25, 0.3) is 0 Å². The van der Waals surface area contributed by atoms with Crippen LogP contribution in [-0.4, -0.2) is 20.7 Å². The first-order valence-electron chi connectivity index (χ1n) is 5.39. The zero-order valence-electron chi connectivity index (χ0n) is 8.82. The van der Waals surface area contributed by atoms with E-state index in [4.69, 9.17) is 0 Å². The van der Waals surface area contributed by atoms with Crippen molar-refractivity contribution >= 4 is 25.2 Å². The SMILES string of the molecule is CC(=O)C12CC([Se]c3ccccc3)(C1)C2. The van der Waals surface area contributed by atoms with Crippen molar-refractivity contribution in [3.05, 3.63) is 30.3 Å². The van der Waals surface area contributed by atoms with E-state index in [0.717, 1.165) is 0 Å². The van der Waals surface area contributed by atoms with Crippen LogP contribution in [0.3, 0.4) is 0 Å². The third kappa shape index (κ3) is 1.32. The molecule has 1 nitrogen and oxygen atoms in total. The molecule has 0 aliphatic heterocycles. The second-order valence-corrected chi connectivity index (χ2v) is 8.20. The molecule has 15 heavy (non-hydrogen) atoms. The summed E-state index contributed by atoms with van der Waals surface area (Å²) in [6.45, 7) is 1.76. The summed E-state index contributed by atoms with van der Waals surface area (Å²) in [5.41, 5.74) is 0.135. The average Bonchev–Trinajstić information content (AvgIpc) is 2.10. The predicted octanol–water partition coefficient (Wildman–Crippen LogP) is 1.95. The van der Waals surface area contributed by atoms with Crippen molar-refractivity contribution in [1.82, 2.24) is 0 Å². The molecule has 2 bridgehead atoms. The zero-order chi connectivity index (χ0) is 10.5. The van der Waals surface area contributed by atoms with Crippen LogP contribution in [0.1, 0.15) is 26.2 Å². The van der Waals surface area contributed by atoms with Crippen molar-refractivity contribution in [2.75, 3.05) is 0 Å². The summed E-state index contributed by atoms with van der Waals surface area (Å²) in [5.74, 6) is 0.424. The van der Waals surface area contributed by atoms with Crippen LogP contribution in [0.15, 0.2) is 30.3 Å². The van der Waals surface area contributed by atoms with Gasteiger partial charge >= 0.3 is 96.2 Å². The van der Waals surface area contributed by atoms with Crippen molar-refractivity contribution in [2.24, 2.45) is 5.41 Å². The van der Waals surface area contributed by atoms with Gasteiger partial charge in [-0.3, -0.25) is 0 Å². The van der Waals surface area contributed by atoms with Crippen molar-refractivity contribution in [3.63, 3.8) is 0 Å². The Hall–Kier alpha value is -0.591. The van der Waals surface area contributed by atoms with E-state index in [9.17, 15) is 4.79 Å². The molecule has 4 rings (SSSR count). The Bertz CT molecular complexity index is 390. The third-order valence-electron chi connectivity index (χ3n) is 3.81. The molecule has 0 spiro atoms. The van der Waals surface area contributed by atoms with Crippen LogP contribution in [0.5, 0.6) is 0 Å². The molecule has 0 saturated heterocycles. The molecule has 0 radical (unpaired) electrons. The van der Waals surface area contributed by atoms with Gasteiger partial charge in [0.1, 0.15) is 0 Å². The fraction of sp³-hybridized carbons (Fsp3) is 0.462. The molecule has 3 saturated carbocycles. The van der Waals surface area contributed by atoms with Gasteiger partial charge in [-0.15, -0.1) is 0 Å². The van der Waals surface area contributed by atoms with Crippen LogP contribution >= 0.6 is 0 Å². The Morgan fingerprint density at radius 2 is 1.80 bits per heavy atom. The standard InChI is InChI=1S/C13H14OSe/c1-10(14)12-7-13(8-12,9-12)15-11-5-3-2-4-6-11/h2-6H,7-9H2,1H3. The van der Waals surface area contributed by atoms with Crippen molar-refractivity contribution in [3.8, 4) is 0 Å². The third-order valence-corrected chi connectivity index (χ3v) is 6.69.